The number of alkyl halides is 2. The van der Waals surface area contributed by atoms with Gasteiger partial charge in [0, 0.05) is 12.6 Å². The summed E-state index contributed by atoms with van der Waals surface area (Å²) in [7, 11) is 1.89. The van der Waals surface area contributed by atoms with Crippen molar-refractivity contribution in [3.8, 4) is 0 Å². The fourth-order valence-electron chi connectivity index (χ4n) is 1.35. The minimum Gasteiger partial charge on any atom is -0.375 e. The summed E-state index contributed by atoms with van der Waals surface area (Å²) in [6.07, 6.45) is -0.510. The molecule has 0 aromatic carbocycles. The van der Waals surface area contributed by atoms with Gasteiger partial charge in [0.25, 0.3) is 6.43 Å². The largest absolute Gasteiger partial charge is 0.375 e. The van der Waals surface area contributed by atoms with E-state index in [0.29, 0.717) is 18.6 Å². The van der Waals surface area contributed by atoms with Crippen molar-refractivity contribution in [2.45, 2.75) is 39.2 Å². The predicted octanol–water partition coefficient (Wildman–Crippen LogP) is 2.29. The fourth-order valence-corrected chi connectivity index (χ4v) is 1.35. The molecule has 86 valence electrons. The molecule has 1 atom stereocenters. The number of hydrogen-bond acceptors (Lipinski definition) is 2. The van der Waals surface area contributed by atoms with E-state index in [0.717, 1.165) is 12.8 Å². The van der Waals surface area contributed by atoms with Crippen molar-refractivity contribution in [3.63, 3.8) is 0 Å². The minimum absolute atomic E-state index is 0.368. The van der Waals surface area contributed by atoms with Crippen LogP contribution < -0.4 is 5.32 Å². The molecule has 0 amide bonds. The Bertz CT molecular complexity index is 131. The average molecular weight is 209 g/mol. The standard InChI is InChI=1S/C10H21F2NO/c1-8(2)6-9(13-3)4-5-14-7-10(11)12/h8-10,13H,4-7H2,1-3H3. The zero-order valence-corrected chi connectivity index (χ0v) is 9.22. The Morgan fingerprint density at radius 2 is 1.93 bits per heavy atom. The van der Waals surface area contributed by atoms with Gasteiger partial charge in [0.15, 0.2) is 0 Å². The van der Waals surface area contributed by atoms with Crippen LogP contribution in [0.5, 0.6) is 0 Å². The fraction of sp³-hybridized carbons (Fsp3) is 1.00. The molecule has 0 aliphatic carbocycles. The monoisotopic (exact) mass is 209 g/mol. The van der Waals surface area contributed by atoms with Gasteiger partial charge in [0.1, 0.15) is 6.61 Å². The Morgan fingerprint density at radius 1 is 1.29 bits per heavy atom. The van der Waals surface area contributed by atoms with E-state index in [1.165, 1.54) is 0 Å². The topological polar surface area (TPSA) is 21.3 Å². The first-order valence-corrected chi connectivity index (χ1v) is 5.09. The normalized spacial score (nSPS) is 13.9. The van der Waals surface area contributed by atoms with Crippen LogP contribution in [0.1, 0.15) is 26.7 Å². The van der Waals surface area contributed by atoms with E-state index >= 15 is 0 Å². The van der Waals surface area contributed by atoms with Gasteiger partial charge in [-0.2, -0.15) is 0 Å². The molecule has 0 aromatic rings. The van der Waals surface area contributed by atoms with Crippen LogP contribution in [0.25, 0.3) is 0 Å². The van der Waals surface area contributed by atoms with Crippen molar-refractivity contribution in [1.82, 2.24) is 5.32 Å². The van der Waals surface area contributed by atoms with Gasteiger partial charge in [-0.25, -0.2) is 8.78 Å². The molecule has 0 bridgehead atoms. The maximum atomic E-state index is 11.7. The minimum atomic E-state index is -2.35. The van der Waals surface area contributed by atoms with Crippen LogP contribution in [0.4, 0.5) is 8.78 Å². The van der Waals surface area contributed by atoms with E-state index in [9.17, 15) is 8.78 Å². The van der Waals surface area contributed by atoms with Gasteiger partial charge >= 0.3 is 0 Å². The predicted molar refractivity (Wildman–Crippen MR) is 53.7 cm³/mol. The molecule has 0 saturated carbocycles. The maximum absolute atomic E-state index is 11.7. The first kappa shape index (κ1) is 13.8. The first-order valence-electron chi connectivity index (χ1n) is 5.09. The molecule has 1 unspecified atom stereocenters. The lowest BCUT2D eigenvalue weighted by Crippen LogP contribution is -2.28. The summed E-state index contributed by atoms with van der Waals surface area (Å²) in [6, 6.07) is 0.368. The summed E-state index contributed by atoms with van der Waals surface area (Å²) in [5, 5.41) is 3.15. The highest BCUT2D eigenvalue weighted by molar-refractivity contribution is 4.65. The Morgan fingerprint density at radius 3 is 2.36 bits per heavy atom. The molecule has 1 N–H and O–H groups in total. The smallest absolute Gasteiger partial charge is 0.261 e. The highest BCUT2D eigenvalue weighted by Gasteiger charge is 2.09. The molecule has 2 nitrogen and oxygen atoms in total. The Hall–Kier alpha value is -0.220. The number of nitrogens with one attached hydrogen (secondary N) is 1. The molecule has 0 aliphatic heterocycles. The van der Waals surface area contributed by atoms with E-state index in [1.54, 1.807) is 0 Å². The summed E-state index contributed by atoms with van der Waals surface area (Å²) in [5.74, 6) is 0.613. The second kappa shape index (κ2) is 8.12. The van der Waals surface area contributed by atoms with E-state index < -0.39 is 13.0 Å². The van der Waals surface area contributed by atoms with Crippen LogP contribution in [-0.4, -0.2) is 32.7 Å². The molecular weight excluding hydrogens is 188 g/mol. The van der Waals surface area contributed by atoms with Crippen LogP contribution >= 0.6 is 0 Å². The highest BCUT2D eigenvalue weighted by Crippen LogP contribution is 2.07. The molecule has 0 heterocycles. The maximum Gasteiger partial charge on any atom is 0.261 e. The van der Waals surface area contributed by atoms with Crippen LogP contribution in [0.2, 0.25) is 0 Å². The van der Waals surface area contributed by atoms with Crippen molar-refractivity contribution < 1.29 is 13.5 Å². The Labute approximate surface area is 85.0 Å². The van der Waals surface area contributed by atoms with Crippen molar-refractivity contribution in [2.24, 2.45) is 5.92 Å². The molecule has 0 spiro atoms. The van der Waals surface area contributed by atoms with Crippen molar-refractivity contribution in [2.75, 3.05) is 20.3 Å². The molecule has 0 radical (unpaired) electrons. The summed E-state index contributed by atoms with van der Waals surface area (Å²) in [6.45, 7) is 4.25. The lowest BCUT2D eigenvalue weighted by Gasteiger charge is -2.18. The summed E-state index contributed by atoms with van der Waals surface area (Å²) < 4.78 is 28.2. The van der Waals surface area contributed by atoms with E-state index in [-0.39, 0.29) is 0 Å². The van der Waals surface area contributed by atoms with E-state index in [4.69, 9.17) is 4.74 Å². The molecule has 0 aliphatic rings. The molecule has 4 heteroatoms. The number of halogens is 2. The second-order valence-corrected chi connectivity index (χ2v) is 3.87. The SMILES string of the molecule is CNC(CCOCC(F)F)CC(C)C. The third-order valence-corrected chi connectivity index (χ3v) is 2.02. The lowest BCUT2D eigenvalue weighted by molar-refractivity contribution is 0.0141. The van der Waals surface area contributed by atoms with Gasteiger partial charge in [-0.15, -0.1) is 0 Å². The van der Waals surface area contributed by atoms with Crippen molar-refractivity contribution in [1.29, 1.82) is 0 Å². The number of ether oxygens (including phenoxy) is 1. The number of rotatable bonds is 8. The lowest BCUT2D eigenvalue weighted by atomic mass is 10.0. The van der Waals surface area contributed by atoms with Crippen molar-refractivity contribution in [3.05, 3.63) is 0 Å². The van der Waals surface area contributed by atoms with Gasteiger partial charge in [-0.1, -0.05) is 13.8 Å². The van der Waals surface area contributed by atoms with Crippen molar-refractivity contribution >= 4 is 0 Å². The molecule has 0 rings (SSSR count). The summed E-state index contributed by atoms with van der Waals surface area (Å²) in [5.41, 5.74) is 0. The van der Waals surface area contributed by atoms with Gasteiger partial charge < -0.3 is 10.1 Å². The van der Waals surface area contributed by atoms with Gasteiger partial charge in [0.2, 0.25) is 0 Å². The highest BCUT2D eigenvalue weighted by atomic mass is 19.3. The molecule has 0 saturated heterocycles. The number of hydrogen-bond donors (Lipinski definition) is 1. The molecular formula is C10H21F2NO. The quantitative estimate of drug-likeness (QED) is 0.619. The molecule has 14 heavy (non-hydrogen) atoms. The van der Waals surface area contributed by atoms with Crippen LogP contribution in [0.15, 0.2) is 0 Å². The van der Waals surface area contributed by atoms with E-state index in [2.05, 4.69) is 19.2 Å². The van der Waals surface area contributed by atoms with Crippen LogP contribution in [0.3, 0.4) is 0 Å². The Kier molecular flexibility index (Phi) is 7.99. The van der Waals surface area contributed by atoms with Crippen LogP contribution in [-0.2, 0) is 4.74 Å². The van der Waals surface area contributed by atoms with Crippen LogP contribution in [0, 0.1) is 5.92 Å². The van der Waals surface area contributed by atoms with Gasteiger partial charge in [0.05, 0.1) is 0 Å². The van der Waals surface area contributed by atoms with Gasteiger partial charge in [-0.05, 0) is 25.8 Å². The third-order valence-electron chi connectivity index (χ3n) is 2.02. The zero-order chi connectivity index (χ0) is 11.0. The van der Waals surface area contributed by atoms with Gasteiger partial charge in [-0.3, -0.25) is 0 Å². The Balaban J connectivity index is 3.43. The zero-order valence-electron chi connectivity index (χ0n) is 9.22. The van der Waals surface area contributed by atoms with E-state index in [1.807, 2.05) is 7.05 Å². The summed E-state index contributed by atoms with van der Waals surface area (Å²) in [4.78, 5) is 0. The third kappa shape index (κ3) is 8.38. The summed E-state index contributed by atoms with van der Waals surface area (Å²) >= 11 is 0. The molecule has 0 aromatic heterocycles. The second-order valence-electron chi connectivity index (χ2n) is 3.87. The molecule has 0 fully saturated rings. The average Bonchev–Trinajstić information content (AvgIpc) is 2.09. The first-order chi connectivity index (χ1) is 6.56.